The van der Waals surface area contributed by atoms with Gasteiger partial charge in [0.1, 0.15) is 12.7 Å². The van der Waals surface area contributed by atoms with Crippen LogP contribution in [0.15, 0.2) is 0 Å². The number of fused-ring (bicyclic) bond motifs is 3. The van der Waals surface area contributed by atoms with Crippen LogP contribution in [0.4, 0.5) is 0 Å². The average molecular weight is 437 g/mol. The van der Waals surface area contributed by atoms with Crippen LogP contribution < -0.4 is 0 Å². The minimum absolute atomic E-state index is 0.0987. The van der Waals surface area contributed by atoms with E-state index in [0.717, 1.165) is 38.5 Å². The molecule has 3 aliphatic carbocycles. The van der Waals surface area contributed by atoms with Crippen LogP contribution >= 0.6 is 0 Å². The van der Waals surface area contributed by atoms with E-state index in [9.17, 15) is 19.5 Å². The molecule has 7 nitrogen and oxygen atoms in total. The Balaban J connectivity index is 1.69. The van der Waals surface area contributed by atoms with Gasteiger partial charge in [0.05, 0.1) is 5.60 Å². The molecule has 8 atom stereocenters. The van der Waals surface area contributed by atoms with Gasteiger partial charge in [-0.05, 0) is 62.2 Å². The number of hydrogen-bond acceptors (Lipinski definition) is 6. The van der Waals surface area contributed by atoms with E-state index in [1.807, 2.05) is 0 Å². The van der Waals surface area contributed by atoms with Crippen molar-refractivity contribution >= 4 is 17.9 Å². The molecule has 1 heterocycles. The van der Waals surface area contributed by atoms with Crippen molar-refractivity contribution in [1.29, 1.82) is 0 Å². The Labute approximate surface area is 184 Å². The summed E-state index contributed by atoms with van der Waals surface area (Å²) in [5, 5.41) is 9.81. The maximum absolute atomic E-state index is 12.0. The summed E-state index contributed by atoms with van der Waals surface area (Å²) in [6.45, 7) is 9.51. The molecule has 31 heavy (non-hydrogen) atoms. The van der Waals surface area contributed by atoms with Crippen LogP contribution in [0.1, 0.15) is 79.6 Å². The number of carbonyl (C=O) groups excluding carboxylic acids is 2. The fraction of sp³-hybridized carbons (Fsp3) is 0.875. The second-order valence-corrected chi connectivity index (χ2v) is 11.3. The Hall–Kier alpha value is -1.63. The third kappa shape index (κ3) is 3.30. The zero-order valence-electron chi connectivity index (χ0n) is 19.4. The maximum Gasteiger partial charge on any atom is 0.333 e. The van der Waals surface area contributed by atoms with Crippen molar-refractivity contribution < 1.29 is 33.7 Å². The van der Waals surface area contributed by atoms with E-state index >= 15 is 0 Å². The zero-order valence-corrected chi connectivity index (χ0v) is 19.4. The van der Waals surface area contributed by atoms with Crippen molar-refractivity contribution in [2.24, 2.45) is 28.1 Å². The molecule has 1 N–H and O–H groups in total. The smallest absolute Gasteiger partial charge is 0.333 e. The van der Waals surface area contributed by atoms with Crippen molar-refractivity contribution in [3.8, 4) is 0 Å². The highest BCUT2D eigenvalue weighted by atomic mass is 16.6. The molecule has 3 saturated carbocycles. The van der Waals surface area contributed by atoms with E-state index in [4.69, 9.17) is 14.2 Å². The van der Waals surface area contributed by atoms with Crippen LogP contribution in [-0.4, -0.2) is 47.4 Å². The van der Waals surface area contributed by atoms with E-state index < -0.39 is 23.1 Å². The van der Waals surface area contributed by atoms with E-state index in [1.165, 1.54) is 13.8 Å². The van der Waals surface area contributed by atoms with Crippen molar-refractivity contribution in [3.63, 3.8) is 0 Å². The van der Waals surface area contributed by atoms with E-state index in [2.05, 4.69) is 20.8 Å². The molecular weight excluding hydrogens is 400 g/mol. The van der Waals surface area contributed by atoms with Gasteiger partial charge in [-0.3, -0.25) is 9.59 Å². The summed E-state index contributed by atoms with van der Waals surface area (Å²) >= 11 is 0. The van der Waals surface area contributed by atoms with Crippen LogP contribution in [0.5, 0.6) is 0 Å². The molecule has 0 unspecified atom stereocenters. The minimum Gasteiger partial charge on any atom is -0.479 e. The first-order chi connectivity index (χ1) is 14.4. The third-order valence-electron chi connectivity index (χ3n) is 9.37. The molecule has 1 aliphatic heterocycles. The molecule has 4 fully saturated rings. The molecule has 0 aromatic carbocycles. The number of esters is 2. The molecule has 4 aliphatic rings. The first kappa shape index (κ1) is 22.6. The van der Waals surface area contributed by atoms with Gasteiger partial charge in [0.15, 0.2) is 6.10 Å². The molecule has 174 valence electrons. The molecule has 0 amide bonds. The molecule has 1 spiro atoms. The van der Waals surface area contributed by atoms with E-state index in [0.29, 0.717) is 6.42 Å². The van der Waals surface area contributed by atoms with Crippen LogP contribution in [-0.2, 0) is 28.6 Å². The fourth-order valence-corrected chi connectivity index (χ4v) is 8.19. The number of carboxylic acid groups (broad SMARTS) is 1. The lowest BCUT2D eigenvalue weighted by atomic mass is 9.42. The lowest BCUT2D eigenvalue weighted by molar-refractivity contribution is -0.232. The summed E-state index contributed by atoms with van der Waals surface area (Å²) in [6.07, 6.45) is 4.74. The highest BCUT2D eigenvalue weighted by Crippen LogP contribution is 2.70. The molecule has 0 radical (unpaired) electrons. The quantitative estimate of drug-likeness (QED) is 0.671. The van der Waals surface area contributed by atoms with Gasteiger partial charge in [-0.1, -0.05) is 20.8 Å². The number of carboxylic acids is 1. The third-order valence-corrected chi connectivity index (χ3v) is 9.37. The number of aliphatic carboxylic acids is 1. The van der Waals surface area contributed by atoms with Gasteiger partial charge in [-0.25, -0.2) is 4.79 Å². The zero-order chi connectivity index (χ0) is 22.8. The first-order valence-corrected chi connectivity index (χ1v) is 11.6. The average Bonchev–Trinajstić information content (AvgIpc) is 2.88. The summed E-state index contributed by atoms with van der Waals surface area (Å²) in [7, 11) is 0. The van der Waals surface area contributed by atoms with Crippen molar-refractivity contribution in [1.82, 2.24) is 0 Å². The minimum atomic E-state index is -0.856. The Morgan fingerprint density at radius 3 is 2.26 bits per heavy atom. The maximum atomic E-state index is 12.0. The molecule has 4 rings (SSSR count). The predicted octanol–water partition coefficient (Wildman–Crippen LogP) is 3.73. The highest BCUT2D eigenvalue weighted by molar-refractivity contribution is 5.74. The number of hydrogen-bond donors (Lipinski definition) is 1. The first-order valence-electron chi connectivity index (χ1n) is 11.6. The topological polar surface area (TPSA) is 99.1 Å². The molecule has 2 bridgehead atoms. The van der Waals surface area contributed by atoms with Crippen molar-refractivity contribution in [3.05, 3.63) is 0 Å². The molecule has 0 aromatic heterocycles. The van der Waals surface area contributed by atoms with Crippen molar-refractivity contribution in [2.75, 3.05) is 6.61 Å². The number of ether oxygens (including phenoxy) is 3. The molecule has 1 saturated heterocycles. The Morgan fingerprint density at radius 1 is 0.968 bits per heavy atom. The second kappa shape index (κ2) is 7.19. The SMILES string of the molecule is CC(=O)OC[C@]1(C)[C@@H]2CC[C@]34C[C@](C)(CC[C@@H]3[C@@]2(C)CC[C@@H]1OC(C)=O)[C@H](C(=O)O)O4. The van der Waals surface area contributed by atoms with E-state index in [-0.39, 0.29) is 47.3 Å². The van der Waals surface area contributed by atoms with Gasteiger partial charge < -0.3 is 19.3 Å². The highest BCUT2D eigenvalue weighted by Gasteiger charge is 2.70. The summed E-state index contributed by atoms with van der Waals surface area (Å²) in [4.78, 5) is 35.5. The predicted molar refractivity (Wildman–Crippen MR) is 111 cm³/mol. The number of rotatable bonds is 4. The summed E-state index contributed by atoms with van der Waals surface area (Å²) in [6, 6.07) is 0. The standard InChI is InChI=1S/C24H36O7/c1-14(25)29-13-23(5)16-7-11-24-12-21(3,19(31-24)20(27)28)9-6-17(24)22(16,4)10-8-18(23)30-15(2)26/h16-19H,6-13H2,1-5H3,(H,27,28)/t16-,17-,18+,19+,21+,22+,23-,24+/m1/s1. The number of carbonyl (C=O) groups is 3. The Morgan fingerprint density at radius 2 is 1.65 bits per heavy atom. The van der Waals surface area contributed by atoms with Gasteiger partial charge >= 0.3 is 17.9 Å². The lowest BCUT2D eigenvalue weighted by Crippen LogP contribution is -2.64. The van der Waals surface area contributed by atoms with Gasteiger partial charge in [0.25, 0.3) is 0 Å². The van der Waals surface area contributed by atoms with Crippen molar-refractivity contribution in [2.45, 2.75) is 97.4 Å². The summed E-state index contributed by atoms with van der Waals surface area (Å²) in [5.41, 5.74) is -1.31. The largest absolute Gasteiger partial charge is 0.479 e. The van der Waals surface area contributed by atoms with Gasteiger partial charge in [-0.2, -0.15) is 0 Å². The van der Waals surface area contributed by atoms with E-state index in [1.54, 1.807) is 0 Å². The van der Waals surface area contributed by atoms with Crippen LogP contribution in [0.3, 0.4) is 0 Å². The van der Waals surface area contributed by atoms with Crippen LogP contribution in [0.25, 0.3) is 0 Å². The molecular formula is C24H36O7. The second-order valence-electron chi connectivity index (χ2n) is 11.3. The molecule has 7 heteroatoms. The van der Waals surface area contributed by atoms with Crippen LogP contribution in [0.2, 0.25) is 0 Å². The van der Waals surface area contributed by atoms with Gasteiger partial charge in [0, 0.05) is 24.7 Å². The fourth-order valence-electron chi connectivity index (χ4n) is 8.19. The summed E-state index contributed by atoms with van der Waals surface area (Å²) < 4.78 is 17.7. The monoisotopic (exact) mass is 436 g/mol. The van der Waals surface area contributed by atoms with Gasteiger partial charge in [0.2, 0.25) is 0 Å². The van der Waals surface area contributed by atoms with Gasteiger partial charge in [-0.15, -0.1) is 0 Å². The lowest BCUT2D eigenvalue weighted by Gasteiger charge is -2.64. The Kier molecular flexibility index (Phi) is 5.23. The van der Waals surface area contributed by atoms with Crippen LogP contribution in [0, 0.1) is 28.1 Å². The Bertz CT molecular complexity index is 795. The summed E-state index contributed by atoms with van der Waals surface area (Å²) in [5.74, 6) is -1.08. The normalized spacial score (nSPS) is 48.3. The molecule has 0 aromatic rings.